The summed E-state index contributed by atoms with van der Waals surface area (Å²) < 4.78 is 24.4. The molecule has 9 nitrogen and oxygen atoms in total. The van der Waals surface area contributed by atoms with E-state index >= 15 is 0 Å². The van der Waals surface area contributed by atoms with Crippen molar-refractivity contribution in [3.8, 4) is 0 Å². The zero-order valence-electron chi connectivity index (χ0n) is 29.8. The van der Waals surface area contributed by atoms with Crippen LogP contribution in [0.4, 0.5) is 0 Å². The summed E-state index contributed by atoms with van der Waals surface area (Å²) in [5, 5.41) is 9.46. The van der Waals surface area contributed by atoms with Gasteiger partial charge in [-0.2, -0.15) is 0 Å². The highest BCUT2D eigenvalue weighted by molar-refractivity contribution is 5.85. The van der Waals surface area contributed by atoms with Crippen molar-refractivity contribution in [1.82, 2.24) is 0 Å². The molecule has 0 aromatic carbocycles. The number of hydrogen-bond donors (Lipinski definition) is 1. The van der Waals surface area contributed by atoms with Gasteiger partial charge in [0, 0.05) is 50.7 Å². The highest BCUT2D eigenvalue weighted by atomic mass is 16.6. The molecule has 0 saturated heterocycles. The third kappa shape index (κ3) is 5.83. The molecule has 2 saturated carbocycles. The third-order valence-electron chi connectivity index (χ3n) is 13.2. The van der Waals surface area contributed by atoms with E-state index in [-0.39, 0.29) is 70.1 Å². The van der Waals surface area contributed by atoms with Crippen molar-refractivity contribution in [2.45, 2.75) is 139 Å². The topological polar surface area (TPSA) is 125 Å². The van der Waals surface area contributed by atoms with E-state index in [1.165, 1.54) is 31.9 Å². The second-order valence-electron chi connectivity index (χ2n) is 15.8. The van der Waals surface area contributed by atoms with Gasteiger partial charge >= 0.3 is 23.9 Å². The summed E-state index contributed by atoms with van der Waals surface area (Å²) in [6, 6.07) is 0. The predicted octanol–water partition coefficient (Wildman–Crippen LogP) is 6.82. The summed E-state index contributed by atoms with van der Waals surface area (Å²) in [7, 11) is 1.76. The molecule has 0 aromatic rings. The molecule has 10 atom stereocenters. The van der Waals surface area contributed by atoms with Crippen LogP contribution in [0, 0.1) is 39.4 Å². The lowest BCUT2D eigenvalue weighted by atomic mass is 9.42. The number of ether oxygens (including phenoxy) is 4. The second-order valence-corrected chi connectivity index (χ2v) is 15.8. The molecule has 4 aliphatic carbocycles. The van der Waals surface area contributed by atoms with Gasteiger partial charge in [0.1, 0.15) is 18.3 Å². The molecule has 1 N–H and O–H groups in total. The minimum absolute atomic E-state index is 0.0120. The number of methoxy groups -OCH3 is 1. The normalized spacial score (nSPS) is 38.1. The van der Waals surface area contributed by atoms with E-state index in [9.17, 15) is 24.3 Å². The number of carbonyl (C=O) groups is 4. The van der Waals surface area contributed by atoms with E-state index in [1.807, 2.05) is 0 Å². The van der Waals surface area contributed by atoms with Gasteiger partial charge in [0.05, 0.1) is 6.10 Å². The van der Waals surface area contributed by atoms with Gasteiger partial charge in [-0.3, -0.25) is 14.4 Å². The third-order valence-corrected chi connectivity index (χ3v) is 13.2. The van der Waals surface area contributed by atoms with Crippen molar-refractivity contribution in [2.24, 2.45) is 39.4 Å². The number of aliphatic carboxylic acids is 1. The molecule has 0 heterocycles. The molecule has 0 bridgehead atoms. The van der Waals surface area contributed by atoms with Gasteiger partial charge in [-0.15, -0.1) is 0 Å². The van der Waals surface area contributed by atoms with Gasteiger partial charge in [0.25, 0.3) is 0 Å². The van der Waals surface area contributed by atoms with Crippen LogP contribution in [0.1, 0.15) is 114 Å². The molecular weight excluding hydrogens is 588 g/mol. The lowest BCUT2D eigenvalue weighted by Crippen LogP contribution is -2.60. The van der Waals surface area contributed by atoms with Gasteiger partial charge in [0.15, 0.2) is 0 Å². The first-order valence-corrected chi connectivity index (χ1v) is 16.9. The van der Waals surface area contributed by atoms with Crippen molar-refractivity contribution in [3.05, 3.63) is 22.8 Å². The lowest BCUT2D eigenvalue weighted by Gasteiger charge is -2.64. The first-order valence-electron chi connectivity index (χ1n) is 16.9. The van der Waals surface area contributed by atoms with E-state index in [0.29, 0.717) is 6.42 Å². The molecule has 258 valence electrons. The summed E-state index contributed by atoms with van der Waals surface area (Å²) in [6.07, 6.45) is 5.36. The highest BCUT2D eigenvalue weighted by Gasteiger charge is 2.70. The van der Waals surface area contributed by atoms with Crippen LogP contribution < -0.4 is 0 Å². The largest absolute Gasteiger partial charge is 0.478 e. The van der Waals surface area contributed by atoms with Crippen LogP contribution in [0.5, 0.6) is 0 Å². The molecule has 1 unspecified atom stereocenters. The maximum Gasteiger partial charge on any atom is 0.330 e. The maximum absolute atomic E-state index is 12.7. The van der Waals surface area contributed by atoms with E-state index in [2.05, 4.69) is 41.5 Å². The summed E-state index contributed by atoms with van der Waals surface area (Å²) >= 11 is 0. The maximum atomic E-state index is 12.7. The number of rotatable bonds is 9. The fourth-order valence-corrected chi connectivity index (χ4v) is 10.6. The molecule has 9 heteroatoms. The minimum Gasteiger partial charge on any atom is -0.478 e. The Balaban J connectivity index is 1.84. The van der Waals surface area contributed by atoms with Crippen molar-refractivity contribution in [1.29, 1.82) is 0 Å². The summed E-state index contributed by atoms with van der Waals surface area (Å²) in [4.78, 5) is 48.6. The Bertz CT molecular complexity index is 1310. The van der Waals surface area contributed by atoms with Crippen LogP contribution >= 0.6 is 0 Å². The first-order chi connectivity index (χ1) is 21.2. The van der Waals surface area contributed by atoms with Crippen LogP contribution in [0.2, 0.25) is 0 Å². The quantitative estimate of drug-likeness (QED) is 0.125. The zero-order valence-corrected chi connectivity index (χ0v) is 29.8. The number of allylic oxidation sites excluding steroid dienone is 1. The SMILES string of the molecule is CO[C@H]1C[C@H]2C(C)(C)[C@H](OC(C)=O)CC[C@]2(C)C2=C1[C@]1(C)[C@@H](OC(C)=O)C[C@H]([C@H](C)C(C/C=C(/C)C(=O)O)OC(C)=O)[C@@]1(C)CC2. The number of carboxylic acids is 1. The smallest absolute Gasteiger partial charge is 0.330 e. The van der Waals surface area contributed by atoms with Crippen LogP contribution in [0.15, 0.2) is 22.8 Å². The van der Waals surface area contributed by atoms with Crippen molar-refractivity contribution >= 4 is 23.9 Å². The van der Waals surface area contributed by atoms with Crippen molar-refractivity contribution in [3.63, 3.8) is 0 Å². The number of carbonyl (C=O) groups excluding carboxylic acids is 3. The minimum atomic E-state index is -1.00. The molecule has 0 amide bonds. The molecular formula is C37H56O9. The number of hydrogen-bond acceptors (Lipinski definition) is 8. The lowest BCUT2D eigenvalue weighted by molar-refractivity contribution is -0.172. The molecule has 0 spiro atoms. The molecule has 0 aromatic heterocycles. The van der Waals surface area contributed by atoms with Crippen LogP contribution in [-0.2, 0) is 38.1 Å². The van der Waals surface area contributed by atoms with Gasteiger partial charge in [-0.05, 0) is 79.6 Å². The van der Waals surface area contributed by atoms with Crippen LogP contribution in [-0.4, -0.2) is 60.5 Å². The van der Waals surface area contributed by atoms with Crippen molar-refractivity contribution < 1.29 is 43.2 Å². The Morgan fingerprint density at radius 3 is 2.07 bits per heavy atom. The predicted molar refractivity (Wildman–Crippen MR) is 172 cm³/mol. The average molecular weight is 645 g/mol. The Morgan fingerprint density at radius 2 is 1.52 bits per heavy atom. The standard InChI is InChI=1S/C37H56O9/c1-20(33(41)42)12-13-27(44-22(3)38)21(2)26-18-31(46-24(5)40)37(10)32-25(14-17-36(26,37)9)35(8)16-15-30(45-23(4)39)34(6,7)29(35)19-28(32)43-11/h12,21,26-31H,13-19H2,1-11H3,(H,41,42)/b20-12-/t21-,26+,27?,28-,29-,30+,31-,35+,36+,37-/m0/s1. The summed E-state index contributed by atoms with van der Waals surface area (Å²) in [5.74, 6) is -1.91. The number of esters is 3. The Hall–Kier alpha value is -2.68. The monoisotopic (exact) mass is 644 g/mol. The van der Waals surface area contributed by atoms with Crippen molar-refractivity contribution in [2.75, 3.05) is 7.11 Å². The fraction of sp³-hybridized carbons (Fsp3) is 0.784. The number of carboxylic acid groups (broad SMARTS) is 1. The Labute approximate surface area is 274 Å². The molecule has 4 rings (SSSR count). The average Bonchev–Trinajstić information content (AvgIpc) is 3.18. The molecule has 0 aliphatic heterocycles. The van der Waals surface area contributed by atoms with E-state index in [0.717, 1.165) is 32.1 Å². The second kappa shape index (κ2) is 12.7. The van der Waals surface area contributed by atoms with Crippen LogP contribution in [0.3, 0.4) is 0 Å². The van der Waals surface area contributed by atoms with Gasteiger partial charge < -0.3 is 24.1 Å². The van der Waals surface area contributed by atoms with E-state index in [1.54, 1.807) is 20.1 Å². The van der Waals surface area contributed by atoms with Gasteiger partial charge in [-0.25, -0.2) is 4.79 Å². The summed E-state index contributed by atoms with van der Waals surface area (Å²) in [5.41, 5.74) is 1.55. The van der Waals surface area contributed by atoms with Gasteiger partial charge in [0.2, 0.25) is 0 Å². The highest BCUT2D eigenvalue weighted by Crippen LogP contribution is 2.73. The fourth-order valence-electron chi connectivity index (χ4n) is 10.6. The van der Waals surface area contributed by atoms with Crippen LogP contribution in [0.25, 0.3) is 0 Å². The zero-order chi connectivity index (χ0) is 34.6. The molecule has 0 radical (unpaired) electrons. The molecule has 4 aliphatic rings. The van der Waals surface area contributed by atoms with Gasteiger partial charge in [-0.1, -0.05) is 53.2 Å². The Kier molecular flexibility index (Phi) is 10.0. The molecule has 46 heavy (non-hydrogen) atoms. The molecule has 2 fully saturated rings. The Morgan fingerprint density at radius 1 is 0.913 bits per heavy atom. The summed E-state index contributed by atoms with van der Waals surface area (Å²) in [6.45, 7) is 19.3. The first kappa shape index (κ1) is 36.2. The number of fused-ring (bicyclic) bond motifs is 4. The van der Waals surface area contributed by atoms with E-state index in [4.69, 9.17) is 18.9 Å². The van der Waals surface area contributed by atoms with E-state index < -0.39 is 29.6 Å².